The molecule has 0 bridgehead atoms. The minimum absolute atomic E-state index is 0.0479. The van der Waals surface area contributed by atoms with E-state index < -0.39 is 6.04 Å². The van der Waals surface area contributed by atoms with E-state index in [1.165, 1.54) is 11.3 Å². The van der Waals surface area contributed by atoms with Crippen LogP contribution in [0.1, 0.15) is 36.1 Å². The van der Waals surface area contributed by atoms with E-state index >= 15 is 0 Å². The predicted molar refractivity (Wildman–Crippen MR) is 222 cm³/mol. The number of ether oxygens (including phenoxy) is 1. The van der Waals surface area contributed by atoms with Crippen molar-refractivity contribution in [3.05, 3.63) is 126 Å². The largest absolute Gasteiger partial charge is 0.478 e. The molecule has 0 aliphatic carbocycles. The summed E-state index contributed by atoms with van der Waals surface area (Å²) in [7, 11) is 4.08. The highest BCUT2D eigenvalue weighted by Gasteiger charge is 2.34. The summed E-state index contributed by atoms with van der Waals surface area (Å²) in [5.41, 5.74) is 6.15. The van der Waals surface area contributed by atoms with Gasteiger partial charge in [0.15, 0.2) is 0 Å². The van der Waals surface area contributed by atoms with Crippen LogP contribution in [0.3, 0.4) is 0 Å². The zero-order valence-electron chi connectivity index (χ0n) is 33.2. The van der Waals surface area contributed by atoms with Crippen LogP contribution in [0.25, 0.3) is 6.08 Å². The number of piperazine rings is 2. The van der Waals surface area contributed by atoms with Crippen LogP contribution in [0.2, 0.25) is 0 Å². The average Bonchev–Trinajstić information content (AvgIpc) is 3.22. The van der Waals surface area contributed by atoms with Crippen molar-refractivity contribution >= 4 is 35.2 Å². The molecule has 11 heteroatoms. The monoisotopic (exact) mass is 757 g/mol. The number of hydrogen-bond acceptors (Lipinski definition) is 8. The quantitative estimate of drug-likeness (QED) is 0.162. The van der Waals surface area contributed by atoms with Crippen molar-refractivity contribution in [1.82, 2.24) is 24.6 Å². The fourth-order valence-corrected chi connectivity index (χ4v) is 7.28. The lowest BCUT2D eigenvalue weighted by Crippen LogP contribution is -2.56. The molecule has 2 fully saturated rings. The maximum Gasteiger partial charge on any atom is 0.247 e. The fourth-order valence-electron chi connectivity index (χ4n) is 7.28. The molecule has 0 N–H and O–H groups in total. The maximum atomic E-state index is 14.7. The smallest absolute Gasteiger partial charge is 0.247 e. The Bertz CT molecular complexity index is 1900. The molecule has 0 saturated carbocycles. The molecule has 294 valence electrons. The molecule has 0 unspecified atom stereocenters. The molecule has 3 aromatic carbocycles. The van der Waals surface area contributed by atoms with E-state index in [1.807, 2.05) is 79.3 Å². The number of anilines is 2. The topological polar surface area (TPSA) is 92.8 Å². The van der Waals surface area contributed by atoms with Crippen LogP contribution in [0.4, 0.5) is 11.4 Å². The van der Waals surface area contributed by atoms with Crippen LogP contribution in [0.5, 0.6) is 5.88 Å². The highest BCUT2D eigenvalue weighted by Crippen LogP contribution is 2.23. The van der Waals surface area contributed by atoms with Gasteiger partial charge in [-0.25, -0.2) is 4.98 Å². The Morgan fingerprint density at radius 2 is 1.43 bits per heavy atom. The van der Waals surface area contributed by atoms with E-state index in [4.69, 9.17) is 4.74 Å². The van der Waals surface area contributed by atoms with E-state index in [9.17, 15) is 14.4 Å². The van der Waals surface area contributed by atoms with Gasteiger partial charge >= 0.3 is 0 Å². The van der Waals surface area contributed by atoms with Crippen LogP contribution in [-0.4, -0.2) is 121 Å². The molecule has 2 saturated heterocycles. The zero-order valence-corrected chi connectivity index (χ0v) is 33.2. The summed E-state index contributed by atoms with van der Waals surface area (Å²) < 4.78 is 5.50. The van der Waals surface area contributed by atoms with Gasteiger partial charge in [0.05, 0.1) is 6.61 Å². The first-order valence-corrected chi connectivity index (χ1v) is 19.6. The number of pyridine rings is 1. The average molecular weight is 758 g/mol. The van der Waals surface area contributed by atoms with Crippen LogP contribution < -0.4 is 14.5 Å². The number of hydrogen-bond donors (Lipinski definition) is 0. The number of carbonyl (C=O) groups excluding carboxylic acids is 3. The van der Waals surface area contributed by atoms with E-state index in [-0.39, 0.29) is 24.3 Å². The first kappa shape index (κ1) is 40.0. The Balaban J connectivity index is 1.23. The molecule has 3 amide bonds. The van der Waals surface area contributed by atoms with Crippen LogP contribution in [0.15, 0.2) is 103 Å². The summed E-state index contributed by atoms with van der Waals surface area (Å²) in [6, 6.07) is 29.7. The maximum absolute atomic E-state index is 14.7. The van der Waals surface area contributed by atoms with Gasteiger partial charge in [-0.05, 0) is 65.6 Å². The van der Waals surface area contributed by atoms with Gasteiger partial charge in [-0.2, -0.15) is 0 Å². The normalized spacial score (nSPS) is 15.5. The number of rotatable bonds is 14. The molecule has 0 spiro atoms. The number of benzene rings is 3. The van der Waals surface area contributed by atoms with Gasteiger partial charge in [0.25, 0.3) is 0 Å². The zero-order chi connectivity index (χ0) is 39.4. The van der Waals surface area contributed by atoms with E-state index in [2.05, 4.69) is 56.1 Å². The Labute approximate surface area is 331 Å². The van der Waals surface area contributed by atoms with Crippen molar-refractivity contribution in [3.63, 3.8) is 0 Å². The van der Waals surface area contributed by atoms with Crippen LogP contribution in [-0.2, 0) is 33.9 Å². The third-order valence-electron chi connectivity index (χ3n) is 10.6. The molecule has 0 radical (unpaired) electrons. The molecule has 6 rings (SSSR count). The lowest BCUT2D eigenvalue weighted by atomic mass is 10.0. The molecule has 1 aromatic heterocycles. The van der Waals surface area contributed by atoms with Crippen molar-refractivity contribution in [2.45, 2.75) is 39.4 Å². The molecule has 3 heterocycles. The Hall–Kier alpha value is -5.68. The summed E-state index contributed by atoms with van der Waals surface area (Å²) in [4.78, 5) is 57.7. The van der Waals surface area contributed by atoms with Crippen LogP contribution in [0, 0.1) is 0 Å². The molecule has 1 atom stereocenters. The number of nitrogens with zero attached hydrogens (tertiary/aromatic N) is 7. The van der Waals surface area contributed by atoms with Gasteiger partial charge in [-0.1, -0.05) is 54.6 Å². The lowest BCUT2D eigenvalue weighted by molar-refractivity contribution is -0.145. The van der Waals surface area contributed by atoms with Crippen molar-refractivity contribution < 1.29 is 19.1 Å². The SMILES string of the molecule is CCOc1ccc(C=CC(=O)N(Cc2ccc(N3CCN(C(C)=O)CC3)cc2)[C@@H](Cc2ccccc2)C(=O)N2CCN(Cc3ccc(N(C)C)cc3)CC2)cn1. The second kappa shape index (κ2) is 19.3. The van der Waals surface area contributed by atoms with E-state index in [0.29, 0.717) is 45.1 Å². The summed E-state index contributed by atoms with van der Waals surface area (Å²) in [5, 5.41) is 0. The molecule has 56 heavy (non-hydrogen) atoms. The Kier molecular flexibility index (Phi) is 13.8. The molecule has 11 nitrogen and oxygen atoms in total. The van der Waals surface area contributed by atoms with Gasteiger partial charge in [0.1, 0.15) is 6.04 Å². The minimum Gasteiger partial charge on any atom is -0.478 e. The highest BCUT2D eigenvalue weighted by molar-refractivity contribution is 5.95. The summed E-state index contributed by atoms with van der Waals surface area (Å²) in [6.07, 6.45) is 5.36. The van der Waals surface area contributed by atoms with Crippen molar-refractivity contribution in [2.75, 3.05) is 82.9 Å². The first-order valence-electron chi connectivity index (χ1n) is 19.6. The summed E-state index contributed by atoms with van der Waals surface area (Å²) in [5.74, 6) is 0.327. The van der Waals surface area contributed by atoms with Crippen molar-refractivity contribution in [3.8, 4) is 5.88 Å². The molecule has 2 aliphatic rings. The second-order valence-electron chi connectivity index (χ2n) is 14.7. The van der Waals surface area contributed by atoms with Crippen molar-refractivity contribution in [1.29, 1.82) is 0 Å². The summed E-state index contributed by atoms with van der Waals surface area (Å²) in [6.45, 7) is 10.7. The molecule has 4 aromatic rings. The minimum atomic E-state index is -0.725. The number of amides is 3. The van der Waals surface area contributed by atoms with Gasteiger partial charge in [-0.15, -0.1) is 0 Å². The van der Waals surface area contributed by atoms with Gasteiger partial charge in [0.2, 0.25) is 23.6 Å². The fraction of sp³-hybridized carbons (Fsp3) is 0.378. The van der Waals surface area contributed by atoms with Crippen molar-refractivity contribution in [2.24, 2.45) is 0 Å². The van der Waals surface area contributed by atoms with E-state index in [1.54, 1.807) is 36.2 Å². The highest BCUT2D eigenvalue weighted by atomic mass is 16.5. The third kappa shape index (κ3) is 10.8. The van der Waals surface area contributed by atoms with Gasteiger partial charge < -0.3 is 29.2 Å². The van der Waals surface area contributed by atoms with Gasteiger partial charge in [0, 0.05) is 123 Å². The second-order valence-corrected chi connectivity index (χ2v) is 14.7. The Morgan fingerprint density at radius 1 is 0.768 bits per heavy atom. The van der Waals surface area contributed by atoms with E-state index in [0.717, 1.165) is 55.1 Å². The number of aromatic nitrogens is 1. The summed E-state index contributed by atoms with van der Waals surface area (Å²) >= 11 is 0. The third-order valence-corrected chi connectivity index (χ3v) is 10.6. The number of carbonyl (C=O) groups is 3. The van der Waals surface area contributed by atoms with Gasteiger partial charge in [-0.3, -0.25) is 19.3 Å². The molecular weight excluding hydrogens is 703 g/mol. The molecular formula is C45H55N7O4. The van der Waals surface area contributed by atoms with Crippen LogP contribution >= 0.6 is 0 Å². The molecule has 2 aliphatic heterocycles. The standard InChI is InChI=1S/C45H55N7O4/c1-5-56-43-21-15-37(32-46-43)16-22-44(54)52(34-39-13-19-41(20-14-39)50-29-27-49(28-30-50)35(2)53)42(31-36-9-7-6-8-10-36)45(55)51-25-23-48(24-26-51)33-38-11-17-40(18-12-38)47(3)4/h6-22,32,42H,5,23-31,33-34H2,1-4H3/t42-/m0/s1. The lowest BCUT2D eigenvalue weighted by Gasteiger charge is -2.39. The first-order chi connectivity index (χ1) is 27.2. The predicted octanol–water partition coefficient (Wildman–Crippen LogP) is 5.21. The Morgan fingerprint density at radius 3 is 2.04 bits per heavy atom.